The summed E-state index contributed by atoms with van der Waals surface area (Å²) in [6.07, 6.45) is 2.44. The van der Waals surface area contributed by atoms with Gasteiger partial charge in [0.25, 0.3) is 0 Å². The maximum atomic E-state index is 6.36. The van der Waals surface area contributed by atoms with E-state index in [9.17, 15) is 0 Å². The molecule has 0 saturated heterocycles. The molecular formula is C15H24ClN. The molecule has 0 spiro atoms. The summed E-state index contributed by atoms with van der Waals surface area (Å²) in [4.78, 5) is 0. The molecule has 1 aromatic carbocycles. The molecule has 17 heavy (non-hydrogen) atoms. The molecule has 1 nitrogen and oxygen atoms in total. The minimum Gasteiger partial charge on any atom is -0.310 e. The van der Waals surface area contributed by atoms with Gasteiger partial charge in [-0.15, -0.1) is 0 Å². The van der Waals surface area contributed by atoms with Crippen molar-refractivity contribution in [2.24, 2.45) is 5.92 Å². The van der Waals surface area contributed by atoms with Crippen LogP contribution >= 0.6 is 11.6 Å². The van der Waals surface area contributed by atoms with Crippen LogP contribution in [0.2, 0.25) is 5.02 Å². The number of hydrogen-bond donors (Lipinski definition) is 1. The molecule has 0 aliphatic rings. The Labute approximate surface area is 111 Å². The summed E-state index contributed by atoms with van der Waals surface area (Å²) in [5, 5.41) is 4.45. The molecule has 2 atom stereocenters. The van der Waals surface area contributed by atoms with Crippen molar-refractivity contribution >= 4 is 11.6 Å². The normalized spacial score (nSPS) is 14.6. The molecule has 0 radical (unpaired) electrons. The summed E-state index contributed by atoms with van der Waals surface area (Å²) < 4.78 is 0. The van der Waals surface area contributed by atoms with E-state index in [2.05, 4.69) is 51.2 Å². The first-order valence-electron chi connectivity index (χ1n) is 6.59. The van der Waals surface area contributed by atoms with Gasteiger partial charge < -0.3 is 5.32 Å². The highest BCUT2D eigenvalue weighted by atomic mass is 35.5. The van der Waals surface area contributed by atoms with Crippen molar-refractivity contribution in [2.75, 3.05) is 6.54 Å². The lowest BCUT2D eigenvalue weighted by atomic mass is 9.90. The number of rotatable bonds is 6. The first-order chi connectivity index (χ1) is 8.10. The van der Waals surface area contributed by atoms with Crippen molar-refractivity contribution in [1.82, 2.24) is 5.32 Å². The van der Waals surface area contributed by atoms with Crippen LogP contribution in [0.3, 0.4) is 0 Å². The average Bonchev–Trinajstić information content (AvgIpc) is 2.27. The zero-order valence-corrected chi connectivity index (χ0v) is 12.1. The highest BCUT2D eigenvalue weighted by Crippen LogP contribution is 2.31. The zero-order chi connectivity index (χ0) is 12.8. The number of halogens is 1. The topological polar surface area (TPSA) is 12.0 Å². The monoisotopic (exact) mass is 253 g/mol. The van der Waals surface area contributed by atoms with Gasteiger partial charge in [-0.25, -0.2) is 0 Å². The number of hydrogen-bond acceptors (Lipinski definition) is 1. The van der Waals surface area contributed by atoms with Gasteiger partial charge in [0, 0.05) is 11.1 Å². The average molecular weight is 254 g/mol. The van der Waals surface area contributed by atoms with Crippen molar-refractivity contribution in [3.8, 4) is 0 Å². The quantitative estimate of drug-likeness (QED) is 0.773. The van der Waals surface area contributed by atoms with Gasteiger partial charge in [0.1, 0.15) is 0 Å². The Hall–Kier alpha value is -0.530. The van der Waals surface area contributed by atoms with Gasteiger partial charge >= 0.3 is 0 Å². The van der Waals surface area contributed by atoms with E-state index in [0.29, 0.717) is 12.0 Å². The van der Waals surface area contributed by atoms with Crippen molar-refractivity contribution in [2.45, 2.75) is 46.6 Å². The predicted octanol–water partition coefficient (Wildman–Crippen LogP) is 4.74. The molecule has 0 aromatic heterocycles. The van der Waals surface area contributed by atoms with Crippen LogP contribution in [0.15, 0.2) is 18.2 Å². The highest BCUT2D eigenvalue weighted by molar-refractivity contribution is 6.31. The minimum atomic E-state index is 0.369. The molecule has 0 aliphatic heterocycles. The van der Waals surface area contributed by atoms with Gasteiger partial charge in [0.2, 0.25) is 0 Å². The Morgan fingerprint density at radius 2 is 2.00 bits per heavy atom. The summed E-state index contributed by atoms with van der Waals surface area (Å²) in [7, 11) is 0. The van der Waals surface area contributed by atoms with Crippen LogP contribution in [0, 0.1) is 12.8 Å². The lowest BCUT2D eigenvalue weighted by molar-refractivity contribution is 0.369. The van der Waals surface area contributed by atoms with Gasteiger partial charge in [0.05, 0.1) is 0 Å². The second kappa shape index (κ2) is 7.03. The van der Waals surface area contributed by atoms with E-state index in [-0.39, 0.29) is 0 Å². The fourth-order valence-electron chi connectivity index (χ4n) is 2.34. The number of nitrogens with one attached hydrogen (secondary N) is 1. The van der Waals surface area contributed by atoms with Gasteiger partial charge in [-0.3, -0.25) is 0 Å². The van der Waals surface area contributed by atoms with Crippen LogP contribution in [0.25, 0.3) is 0 Å². The van der Waals surface area contributed by atoms with Gasteiger partial charge in [-0.2, -0.15) is 0 Å². The molecule has 1 rings (SSSR count). The van der Waals surface area contributed by atoms with E-state index in [4.69, 9.17) is 11.6 Å². The molecule has 0 heterocycles. The van der Waals surface area contributed by atoms with Crippen molar-refractivity contribution < 1.29 is 0 Å². The molecule has 2 unspecified atom stereocenters. The lowest BCUT2D eigenvalue weighted by Crippen LogP contribution is -2.27. The third-order valence-corrected chi connectivity index (χ3v) is 3.56. The number of benzene rings is 1. The summed E-state index contributed by atoms with van der Waals surface area (Å²) in [6.45, 7) is 9.73. The Morgan fingerprint density at radius 3 is 2.53 bits per heavy atom. The summed E-state index contributed by atoms with van der Waals surface area (Å²) in [5.41, 5.74) is 2.46. The fourth-order valence-corrected chi connectivity index (χ4v) is 2.70. The molecule has 1 N–H and O–H groups in total. The summed E-state index contributed by atoms with van der Waals surface area (Å²) in [5.74, 6) is 0.611. The highest BCUT2D eigenvalue weighted by Gasteiger charge is 2.19. The number of aryl methyl sites for hydroxylation is 1. The molecular weight excluding hydrogens is 230 g/mol. The van der Waals surface area contributed by atoms with Crippen LogP contribution in [-0.2, 0) is 0 Å². The van der Waals surface area contributed by atoms with Crippen LogP contribution in [-0.4, -0.2) is 6.54 Å². The van der Waals surface area contributed by atoms with Crippen molar-refractivity contribution in [3.63, 3.8) is 0 Å². The Balaban J connectivity index is 2.96. The Kier molecular flexibility index (Phi) is 6.01. The van der Waals surface area contributed by atoms with Crippen LogP contribution in [0.4, 0.5) is 0 Å². The van der Waals surface area contributed by atoms with E-state index in [1.165, 1.54) is 24.0 Å². The van der Waals surface area contributed by atoms with Crippen LogP contribution in [0.1, 0.15) is 50.8 Å². The second-order valence-electron chi connectivity index (χ2n) is 4.83. The van der Waals surface area contributed by atoms with E-state index in [1.807, 2.05) is 0 Å². The predicted molar refractivity (Wildman–Crippen MR) is 76.7 cm³/mol. The molecule has 2 heteroatoms. The molecule has 96 valence electrons. The van der Waals surface area contributed by atoms with Crippen LogP contribution in [0.5, 0.6) is 0 Å². The fraction of sp³-hybridized carbons (Fsp3) is 0.600. The summed E-state index contributed by atoms with van der Waals surface area (Å²) >= 11 is 6.36. The maximum Gasteiger partial charge on any atom is 0.0456 e. The van der Waals surface area contributed by atoms with Gasteiger partial charge in [-0.1, -0.05) is 50.9 Å². The van der Waals surface area contributed by atoms with E-state index in [0.717, 1.165) is 11.6 Å². The largest absolute Gasteiger partial charge is 0.310 e. The molecule has 0 saturated carbocycles. The lowest BCUT2D eigenvalue weighted by Gasteiger charge is -2.26. The van der Waals surface area contributed by atoms with Gasteiger partial charge in [0.15, 0.2) is 0 Å². The molecule has 0 fully saturated rings. The minimum absolute atomic E-state index is 0.369. The Bertz CT molecular complexity index is 349. The molecule has 0 aliphatic carbocycles. The van der Waals surface area contributed by atoms with Crippen molar-refractivity contribution in [1.29, 1.82) is 0 Å². The first kappa shape index (κ1) is 14.5. The SMILES string of the molecule is CCCC(C)C(NCC)c1ccc(C)cc1Cl. The van der Waals surface area contributed by atoms with E-state index >= 15 is 0 Å². The van der Waals surface area contributed by atoms with Crippen LogP contribution < -0.4 is 5.32 Å². The zero-order valence-electron chi connectivity index (χ0n) is 11.4. The smallest absolute Gasteiger partial charge is 0.0456 e. The maximum absolute atomic E-state index is 6.36. The molecule has 0 bridgehead atoms. The second-order valence-corrected chi connectivity index (χ2v) is 5.23. The molecule has 0 amide bonds. The Morgan fingerprint density at radius 1 is 1.29 bits per heavy atom. The summed E-state index contributed by atoms with van der Waals surface area (Å²) in [6, 6.07) is 6.73. The molecule has 1 aromatic rings. The third-order valence-electron chi connectivity index (χ3n) is 3.23. The van der Waals surface area contributed by atoms with Crippen molar-refractivity contribution in [3.05, 3.63) is 34.3 Å². The third kappa shape index (κ3) is 4.01. The van der Waals surface area contributed by atoms with E-state index in [1.54, 1.807) is 0 Å². The van der Waals surface area contributed by atoms with E-state index < -0.39 is 0 Å². The van der Waals surface area contributed by atoms with Gasteiger partial charge in [-0.05, 0) is 43.0 Å². The standard InChI is InChI=1S/C15H24ClN/c1-5-7-12(4)15(17-6-2)13-9-8-11(3)10-14(13)16/h8-10,12,15,17H,5-7H2,1-4H3. The first-order valence-corrected chi connectivity index (χ1v) is 6.97.